The lowest BCUT2D eigenvalue weighted by atomic mass is 10.1. The molecule has 2 amide bonds. The fourth-order valence-electron chi connectivity index (χ4n) is 4.00. The predicted octanol–water partition coefficient (Wildman–Crippen LogP) is 3.24. The number of anilines is 1. The van der Waals surface area contributed by atoms with E-state index >= 15 is 0 Å². The second-order valence-corrected chi connectivity index (χ2v) is 8.70. The number of aromatic nitrogens is 4. The topological polar surface area (TPSA) is 137 Å². The van der Waals surface area contributed by atoms with Crippen LogP contribution in [-0.4, -0.2) is 81.2 Å². The maximum Gasteiger partial charge on any atom is 0.425 e. The minimum Gasteiger partial charge on any atom is -0.480 e. The van der Waals surface area contributed by atoms with Crippen molar-refractivity contribution in [2.45, 2.75) is 37.6 Å². The van der Waals surface area contributed by atoms with Gasteiger partial charge in [0.2, 0.25) is 5.88 Å². The summed E-state index contributed by atoms with van der Waals surface area (Å²) in [5.74, 6) is -1.70. The van der Waals surface area contributed by atoms with Crippen LogP contribution in [0.5, 0.6) is 5.88 Å². The van der Waals surface area contributed by atoms with Crippen molar-refractivity contribution >= 4 is 23.3 Å². The summed E-state index contributed by atoms with van der Waals surface area (Å²) in [6.07, 6.45) is -13.3. The van der Waals surface area contributed by atoms with E-state index in [-0.39, 0.29) is 22.7 Å². The Labute approximate surface area is 220 Å². The number of likely N-dealkylation sites (tertiary alicyclic amines) is 1. The molecule has 0 bridgehead atoms. The van der Waals surface area contributed by atoms with Crippen molar-refractivity contribution in [1.29, 1.82) is 0 Å². The standard InChI is InChI=1S/C22H20F7N7O4/c1-9(21(24,25)26)40-20(38)35-6-13(23)14(7-35)34-18(37)11-3-10(5-31-19(11)39-2)15-4-12(22(27,28)29)16-17(30)32-8-33-36(15)16/h3-5,8-9,13-14H,6-7H2,1-2H3,(H,34,37)(H2,30,32,33)/t9?,13-,14+/m0/s1. The SMILES string of the molecule is COc1ncc(-c2cc(C(F)(F)F)c3c(N)ncnn23)cc1C(=O)N[C@@H]1CN(C(=O)OC(C)C(F)(F)F)C[C@@H]1F. The Balaban J connectivity index is 1.60. The van der Waals surface area contributed by atoms with Gasteiger partial charge in [-0.15, -0.1) is 0 Å². The van der Waals surface area contributed by atoms with Gasteiger partial charge < -0.3 is 25.4 Å². The smallest absolute Gasteiger partial charge is 0.425 e. The van der Waals surface area contributed by atoms with Gasteiger partial charge in [-0.25, -0.2) is 23.7 Å². The molecule has 0 saturated carbocycles. The number of ether oxygens (including phenoxy) is 2. The molecule has 40 heavy (non-hydrogen) atoms. The van der Waals surface area contributed by atoms with Crippen molar-refractivity contribution in [2.75, 3.05) is 25.9 Å². The lowest BCUT2D eigenvalue weighted by Gasteiger charge is -2.21. The van der Waals surface area contributed by atoms with Crippen molar-refractivity contribution in [3.05, 3.63) is 35.8 Å². The Bertz CT molecular complexity index is 1440. The number of fused-ring (bicyclic) bond motifs is 1. The number of amides is 2. The highest BCUT2D eigenvalue weighted by molar-refractivity contribution is 5.98. The first-order valence-electron chi connectivity index (χ1n) is 11.3. The molecule has 0 aliphatic carbocycles. The van der Waals surface area contributed by atoms with Crippen LogP contribution in [0.3, 0.4) is 0 Å². The number of methoxy groups -OCH3 is 1. The number of nitrogens with one attached hydrogen (secondary N) is 1. The first-order valence-corrected chi connectivity index (χ1v) is 11.3. The maximum absolute atomic E-state index is 14.6. The highest BCUT2D eigenvalue weighted by atomic mass is 19.4. The van der Waals surface area contributed by atoms with Crippen molar-refractivity contribution < 1.29 is 49.8 Å². The molecule has 3 aromatic heterocycles. The molecule has 18 heteroatoms. The molecular weight excluding hydrogens is 559 g/mol. The van der Waals surface area contributed by atoms with E-state index in [1.165, 1.54) is 0 Å². The molecule has 0 aromatic carbocycles. The average molecular weight is 579 g/mol. The number of nitrogens with two attached hydrogens (primary N) is 1. The van der Waals surface area contributed by atoms with Gasteiger partial charge in [-0.2, -0.15) is 31.4 Å². The van der Waals surface area contributed by atoms with E-state index in [0.717, 1.165) is 36.3 Å². The van der Waals surface area contributed by atoms with Crippen molar-refractivity contribution in [3.8, 4) is 17.1 Å². The van der Waals surface area contributed by atoms with Crippen LogP contribution in [0.25, 0.3) is 16.8 Å². The van der Waals surface area contributed by atoms with Gasteiger partial charge in [-0.3, -0.25) is 4.79 Å². The molecule has 11 nitrogen and oxygen atoms in total. The molecule has 3 N–H and O–H groups in total. The van der Waals surface area contributed by atoms with E-state index in [2.05, 4.69) is 25.1 Å². The van der Waals surface area contributed by atoms with Gasteiger partial charge in [0.15, 0.2) is 11.9 Å². The molecule has 1 unspecified atom stereocenters. The zero-order chi connectivity index (χ0) is 29.6. The zero-order valence-corrected chi connectivity index (χ0v) is 20.5. The highest BCUT2D eigenvalue weighted by Crippen LogP contribution is 2.39. The summed E-state index contributed by atoms with van der Waals surface area (Å²) in [6.45, 7) is -0.555. The van der Waals surface area contributed by atoms with Crippen LogP contribution in [0.1, 0.15) is 22.8 Å². The van der Waals surface area contributed by atoms with Gasteiger partial charge >= 0.3 is 18.4 Å². The second kappa shape index (κ2) is 10.3. The summed E-state index contributed by atoms with van der Waals surface area (Å²) >= 11 is 0. The summed E-state index contributed by atoms with van der Waals surface area (Å²) in [5.41, 5.74) is 3.50. The molecule has 0 radical (unpaired) electrons. The number of alkyl halides is 7. The number of nitrogens with zero attached hydrogens (tertiary/aromatic N) is 5. The van der Waals surface area contributed by atoms with E-state index < -0.39 is 72.7 Å². The minimum atomic E-state index is -4.83. The summed E-state index contributed by atoms with van der Waals surface area (Å²) in [6, 6.07) is 0.514. The number of carbonyl (C=O) groups excluding carboxylic acids is 2. The molecule has 0 spiro atoms. The molecule has 3 atom stereocenters. The first kappa shape index (κ1) is 28.6. The van der Waals surface area contributed by atoms with Crippen LogP contribution in [-0.2, 0) is 10.9 Å². The molecule has 4 rings (SSSR count). The number of rotatable bonds is 5. The van der Waals surface area contributed by atoms with Crippen LogP contribution >= 0.6 is 0 Å². The summed E-state index contributed by atoms with van der Waals surface area (Å²) in [4.78, 5) is 33.3. The number of pyridine rings is 1. The molecule has 216 valence electrons. The molecule has 1 aliphatic heterocycles. The normalized spacial score (nSPS) is 18.6. The second-order valence-electron chi connectivity index (χ2n) is 8.70. The third-order valence-corrected chi connectivity index (χ3v) is 6.03. The fourth-order valence-corrected chi connectivity index (χ4v) is 4.00. The highest BCUT2D eigenvalue weighted by Gasteiger charge is 2.43. The van der Waals surface area contributed by atoms with Gasteiger partial charge in [0.25, 0.3) is 5.91 Å². The number of halogens is 7. The number of nitrogen functional groups attached to an aromatic ring is 1. The molecule has 3 aromatic rings. The summed E-state index contributed by atoms with van der Waals surface area (Å²) < 4.78 is 104. The monoisotopic (exact) mass is 579 g/mol. The first-order chi connectivity index (χ1) is 18.6. The van der Waals surface area contributed by atoms with Gasteiger partial charge in [-0.05, 0) is 19.1 Å². The molecule has 1 saturated heterocycles. The summed E-state index contributed by atoms with van der Waals surface area (Å²) in [5, 5.41) is 6.12. The lowest BCUT2D eigenvalue weighted by Crippen LogP contribution is -2.42. The zero-order valence-electron chi connectivity index (χ0n) is 20.5. The molecule has 1 aliphatic rings. The molecular formula is C22H20F7N7O4. The number of carbonyl (C=O) groups is 2. The van der Waals surface area contributed by atoms with E-state index in [1.54, 1.807) is 0 Å². The minimum absolute atomic E-state index is 0.0240. The van der Waals surface area contributed by atoms with E-state index in [0.29, 0.717) is 11.8 Å². The Hall–Kier alpha value is -4.38. The van der Waals surface area contributed by atoms with E-state index in [4.69, 9.17) is 10.5 Å². The van der Waals surface area contributed by atoms with Crippen LogP contribution in [0.15, 0.2) is 24.7 Å². The third-order valence-electron chi connectivity index (χ3n) is 6.03. The van der Waals surface area contributed by atoms with Crippen molar-refractivity contribution in [3.63, 3.8) is 0 Å². The largest absolute Gasteiger partial charge is 0.480 e. The lowest BCUT2D eigenvalue weighted by molar-refractivity contribution is -0.199. The predicted molar refractivity (Wildman–Crippen MR) is 122 cm³/mol. The van der Waals surface area contributed by atoms with E-state index in [9.17, 15) is 40.3 Å². The number of hydrogen-bond acceptors (Lipinski definition) is 8. The average Bonchev–Trinajstić information content (AvgIpc) is 3.45. The fraction of sp³-hybridized carbons (Fsp3) is 0.409. The van der Waals surface area contributed by atoms with Crippen molar-refractivity contribution in [1.82, 2.24) is 29.8 Å². The Kier molecular flexibility index (Phi) is 7.37. The van der Waals surface area contributed by atoms with Gasteiger partial charge in [-0.1, -0.05) is 0 Å². The van der Waals surface area contributed by atoms with E-state index in [1.807, 2.05) is 0 Å². The Morgan fingerprint density at radius 2 is 1.85 bits per heavy atom. The van der Waals surface area contributed by atoms with Crippen molar-refractivity contribution in [2.24, 2.45) is 0 Å². The van der Waals surface area contributed by atoms with Crippen LogP contribution in [0.4, 0.5) is 41.3 Å². The quantitative estimate of drug-likeness (QED) is 0.440. The van der Waals surface area contributed by atoms with Gasteiger partial charge in [0, 0.05) is 18.3 Å². The van der Waals surface area contributed by atoms with Crippen LogP contribution < -0.4 is 15.8 Å². The van der Waals surface area contributed by atoms with Crippen LogP contribution in [0, 0.1) is 0 Å². The Morgan fingerprint density at radius 3 is 2.48 bits per heavy atom. The Morgan fingerprint density at radius 1 is 1.15 bits per heavy atom. The molecule has 4 heterocycles. The maximum atomic E-state index is 14.6. The molecule has 1 fully saturated rings. The third kappa shape index (κ3) is 5.50. The van der Waals surface area contributed by atoms with Gasteiger partial charge in [0.05, 0.1) is 31.0 Å². The summed E-state index contributed by atoms with van der Waals surface area (Å²) in [7, 11) is 1.16. The number of hydrogen-bond donors (Lipinski definition) is 2. The van der Waals surface area contributed by atoms with Gasteiger partial charge in [0.1, 0.15) is 23.6 Å². The van der Waals surface area contributed by atoms with Crippen LogP contribution in [0.2, 0.25) is 0 Å².